The molecule has 1 unspecified atom stereocenters. The minimum Gasteiger partial charge on any atom is -0.384 e. The van der Waals surface area contributed by atoms with E-state index in [0.29, 0.717) is 31.6 Å². The Hall–Kier alpha value is -2.96. The molecule has 1 fully saturated rings. The molecule has 0 aromatic heterocycles. The van der Waals surface area contributed by atoms with E-state index in [4.69, 9.17) is 5.41 Å². The average Bonchev–Trinajstić information content (AvgIpc) is 3.21. The van der Waals surface area contributed by atoms with Crippen molar-refractivity contribution in [2.24, 2.45) is 11.0 Å². The highest BCUT2D eigenvalue weighted by Crippen LogP contribution is 2.31. The van der Waals surface area contributed by atoms with Crippen LogP contribution in [-0.2, 0) is 9.59 Å². The highest BCUT2D eigenvalue weighted by Gasteiger charge is 2.35. The first-order chi connectivity index (χ1) is 13.2. The molecule has 1 saturated heterocycles. The number of benzene rings is 1. The molecule has 2 N–H and O–H groups in total. The van der Waals surface area contributed by atoms with E-state index in [2.05, 4.69) is 10.4 Å². The number of nitrogens with zero attached hydrogens (tertiary/aromatic N) is 3. The maximum Gasteiger partial charge on any atom is 0.269 e. The van der Waals surface area contributed by atoms with Crippen molar-refractivity contribution in [2.45, 2.75) is 25.3 Å². The predicted octanol–water partition coefficient (Wildman–Crippen LogP) is 1.94. The molecule has 7 heteroatoms. The molecule has 0 aliphatic carbocycles. The molecule has 0 saturated carbocycles. The minimum atomic E-state index is -0.131. The van der Waals surface area contributed by atoms with E-state index in [1.54, 1.807) is 23.2 Å². The van der Waals surface area contributed by atoms with E-state index in [1.807, 2.05) is 30.3 Å². The molecule has 2 heterocycles. The van der Waals surface area contributed by atoms with Gasteiger partial charge < -0.3 is 15.6 Å². The molecule has 27 heavy (non-hydrogen) atoms. The predicted molar refractivity (Wildman–Crippen MR) is 104 cm³/mol. The van der Waals surface area contributed by atoms with Crippen LogP contribution < -0.4 is 5.32 Å². The number of allylic oxidation sites excluding steroid dienone is 1. The third-order valence-corrected chi connectivity index (χ3v) is 5.12. The molecule has 3 rings (SSSR count). The number of hydrogen-bond donors (Lipinski definition) is 2. The van der Waals surface area contributed by atoms with E-state index in [-0.39, 0.29) is 23.8 Å². The number of carbonyl (C=O) groups is 2. The zero-order valence-corrected chi connectivity index (χ0v) is 15.5. The molecule has 2 aliphatic heterocycles. The molecule has 7 nitrogen and oxygen atoms in total. The first-order valence-corrected chi connectivity index (χ1v) is 9.24. The lowest BCUT2D eigenvalue weighted by atomic mass is 9.94. The van der Waals surface area contributed by atoms with Gasteiger partial charge in [-0.05, 0) is 24.5 Å². The topological polar surface area (TPSA) is 88.9 Å². The van der Waals surface area contributed by atoms with Gasteiger partial charge in [-0.25, -0.2) is 5.01 Å². The number of piperidine rings is 1. The second kappa shape index (κ2) is 8.62. The first-order valence-electron chi connectivity index (χ1n) is 9.24. The lowest BCUT2D eigenvalue weighted by Crippen LogP contribution is -2.45. The maximum atomic E-state index is 13.0. The fourth-order valence-corrected chi connectivity index (χ4v) is 3.61. The van der Waals surface area contributed by atoms with Crippen LogP contribution in [0, 0.1) is 11.3 Å². The van der Waals surface area contributed by atoms with E-state index in [0.717, 1.165) is 18.2 Å². The van der Waals surface area contributed by atoms with Gasteiger partial charge in [0.15, 0.2) is 0 Å². The summed E-state index contributed by atoms with van der Waals surface area (Å²) >= 11 is 0. The molecule has 2 aliphatic rings. The second-order valence-corrected chi connectivity index (χ2v) is 6.71. The van der Waals surface area contributed by atoms with Gasteiger partial charge in [0.25, 0.3) is 5.91 Å². The number of carbonyl (C=O) groups excluding carboxylic acids is 2. The van der Waals surface area contributed by atoms with Crippen LogP contribution in [-0.4, -0.2) is 54.3 Å². The molecular formula is C20H25N5O2. The van der Waals surface area contributed by atoms with Crippen LogP contribution in [0.2, 0.25) is 0 Å². The van der Waals surface area contributed by atoms with Crippen molar-refractivity contribution >= 4 is 24.2 Å². The second-order valence-electron chi connectivity index (χ2n) is 6.71. The number of nitrogens with one attached hydrogen (secondary N) is 2. The molecule has 0 spiro atoms. The van der Waals surface area contributed by atoms with Gasteiger partial charge >= 0.3 is 0 Å². The average molecular weight is 367 g/mol. The van der Waals surface area contributed by atoms with Crippen LogP contribution in [0.25, 0.3) is 0 Å². The summed E-state index contributed by atoms with van der Waals surface area (Å²) in [6.07, 6.45) is 6.32. The van der Waals surface area contributed by atoms with Crippen LogP contribution in [0.3, 0.4) is 0 Å². The van der Waals surface area contributed by atoms with E-state index in [9.17, 15) is 9.59 Å². The highest BCUT2D eigenvalue weighted by molar-refractivity contribution is 5.96. The van der Waals surface area contributed by atoms with Crippen LogP contribution in [0.5, 0.6) is 0 Å². The summed E-state index contributed by atoms with van der Waals surface area (Å²) in [7, 11) is 1.67. The van der Waals surface area contributed by atoms with Gasteiger partial charge in [0.2, 0.25) is 5.91 Å². The van der Waals surface area contributed by atoms with E-state index >= 15 is 0 Å². The molecular weight excluding hydrogens is 342 g/mol. The Morgan fingerprint density at radius 2 is 1.93 bits per heavy atom. The Morgan fingerprint density at radius 3 is 2.56 bits per heavy atom. The summed E-state index contributed by atoms with van der Waals surface area (Å²) in [5.41, 5.74) is 1.48. The van der Waals surface area contributed by atoms with E-state index in [1.165, 1.54) is 6.08 Å². The zero-order chi connectivity index (χ0) is 19.2. The largest absolute Gasteiger partial charge is 0.384 e. The van der Waals surface area contributed by atoms with Crippen molar-refractivity contribution < 1.29 is 9.59 Å². The first kappa shape index (κ1) is 18.8. The van der Waals surface area contributed by atoms with Crippen LogP contribution in [0.1, 0.15) is 30.9 Å². The quantitative estimate of drug-likeness (QED) is 0.616. The summed E-state index contributed by atoms with van der Waals surface area (Å²) in [6.45, 7) is 1.06. The van der Waals surface area contributed by atoms with Gasteiger partial charge in [0.1, 0.15) is 5.70 Å². The maximum absolute atomic E-state index is 13.0. The van der Waals surface area contributed by atoms with Gasteiger partial charge in [-0.2, -0.15) is 5.10 Å². The van der Waals surface area contributed by atoms with Gasteiger partial charge in [0, 0.05) is 44.9 Å². The zero-order valence-electron chi connectivity index (χ0n) is 15.5. The standard InChI is InChI=1S/C20H25N5O2/c1-22-17(7-11-21)20(27)24-13-9-16(10-14-24)19(26)25-18(8-12-23-25)15-5-3-2-4-6-15/h2-7,11-12,16,18,21-22H,8-10,13-14H2,1H3/b17-7-,21-11?. The minimum absolute atomic E-state index is 0.0357. The summed E-state index contributed by atoms with van der Waals surface area (Å²) in [5, 5.41) is 15.9. The Bertz CT molecular complexity index is 751. The van der Waals surface area contributed by atoms with Crippen molar-refractivity contribution in [3.05, 3.63) is 47.7 Å². The van der Waals surface area contributed by atoms with Gasteiger partial charge in [-0.1, -0.05) is 30.3 Å². The van der Waals surface area contributed by atoms with E-state index < -0.39 is 0 Å². The Kier molecular flexibility index (Phi) is 6.01. The van der Waals surface area contributed by atoms with Crippen molar-refractivity contribution in [3.63, 3.8) is 0 Å². The fraction of sp³-hybridized carbons (Fsp3) is 0.400. The molecule has 1 aromatic rings. The normalized spacial score (nSPS) is 20.6. The third kappa shape index (κ3) is 4.07. The number of hydrogen-bond acceptors (Lipinski definition) is 5. The SMILES string of the molecule is CN/C(=C\C=N)C(=O)N1CCC(C(=O)N2N=CCC2c2ccccc2)CC1. The van der Waals surface area contributed by atoms with Crippen molar-refractivity contribution in [3.8, 4) is 0 Å². The number of hydrazone groups is 1. The molecule has 0 radical (unpaired) electrons. The Labute approximate surface area is 159 Å². The molecule has 2 amide bonds. The van der Waals surface area contributed by atoms with Crippen molar-refractivity contribution in [1.29, 1.82) is 5.41 Å². The number of likely N-dealkylation sites (tertiary alicyclic amines) is 1. The summed E-state index contributed by atoms with van der Waals surface area (Å²) in [5.74, 6) is -0.220. The van der Waals surface area contributed by atoms with Crippen molar-refractivity contribution in [1.82, 2.24) is 15.2 Å². The molecule has 0 bridgehead atoms. The van der Waals surface area contributed by atoms with Crippen LogP contribution in [0.15, 0.2) is 47.2 Å². The van der Waals surface area contributed by atoms with Gasteiger partial charge in [-0.15, -0.1) is 0 Å². The lowest BCUT2D eigenvalue weighted by Gasteiger charge is -2.34. The number of amides is 2. The van der Waals surface area contributed by atoms with Gasteiger partial charge in [-0.3, -0.25) is 9.59 Å². The smallest absolute Gasteiger partial charge is 0.269 e. The summed E-state index contributed by atoms with van der Waals surface area (Å²) in [4.78, 5) is 27.2. The molecule has 1 atom stereocenters. The van der Waals surface area contributed by atoms with Crippen LogP contribution in [0.4, 0.5) is 0 Å². The Balaban J connectivity index is 1.61. The molecule has 1 aromatic carbocycles. The number of rotatable bonds is 5. The number of likely N-dealkylation sites (N-methyl/N-ethyl adjacent to an activating group) is 1. The third-order valence-electron chi connectivity index (χ3n) is 5.12. The summed E-state index contributed by atoms with van der Waals surface area (Å²) < 4.78 is 0. The lowest BCUT2D eigenvalue weighted by molar-refractivity contribution is -0.141. The Morgan fingerprint density at radius 1 is 1.22 bits per heavy atom. The van der Waals surface area contributed by atoms with Crippen molar-refractivity contribution in [2.75, 3.05) is 20.1 Å². The molecule has 142 valence electrons. The summed E-state index contributed by atoms with van der Waals surface area (Å²) in [6, 6.07) is 9.92. The fourth-order valence-electron chi connectivity index (χ4n) is 3.61. The monoisotopic (exact) mass is 367 g/mol. The highest BCUT2D eigenvalue weighted by atomic mass is 16.2. The van der Waals surface area contributed by atoms with Gasteiger partial charge in [0.05, 0.1) is 6.04 Å². The van der Waals surface area contributed by atoms with Crippen LogP contribution >= 0.6 is 0 Å².